The molecule has 0 radical (unpaired) electrons. The van der Waals surface area contributed by atoms with Crippen LogP contribution in [0.25, 0.3) is 10.8 Å². The van der Waals surface area contributed by atoms with Crippen LogP contribution in [0, 0.1) is 0 Å². The third-order valence-electron chi connectivity index (χ3n) is 5.77. The zero-order valence-electron chi connectivity index (χ0n) is 18.0. The molecule has 0 unspecified atom stereocenters. The molecule has 2 heterocycles. The lowest BCUT2D eigenvalue weighted by molar-refractivity contribution is 0.00578. The predicted molar refractivity (Wildman–Crippen MR) is 111 cm³/mol. The van der Waals surface area contributed by atoms with Gasteiger partial charge in [0.2, 0.25) is 0 Å². The summed E-state index contributed by atoms with van der Waals surface area (Å²) < 4.78 is 12.2. The molecule has 1 fully saturated rings. The molecule has 3 rings (SSSR count). The number of rotatable bonds is 3. The maximum atomic E-state index is 12.3. The lowest BCUT2D eigenvalue weighted by Gasteiger charge is -2.33. The molecule has 1 amide bonds. The maximum absolute atomic E-state index is 12.3. The first-order chi connectivity index (χ1) is 13.2. The highest BCUT2D eigenvalue weighted by Gasteiger charge is 2.51. The van der Waals surface area contributed by atoms with Crippen molar-refractivity contribution in [2.75, 3.05) is 0 Å². The summed E-state index contributed by atoms with van der Waals surface area (Å²) in [5.74, 6) is 0. The number of hydrogen-bond donors (Lipinski definition) is 2. The van der Waals surface area contributed by atoms with Crippen LogP contribution in [0.5, 0.6) is 0 Å². The van der Waals surface area contributed by atoms with Crippen molar-refractivity contribution in [1.82, 2.24) is 15.1 Å². The minimum Gasteiger partial charge on any atom is -0.465 e. The number of benzene rings is 1. The second kappa shape index (κ2) is 6.85. The van der Waals surface area contributed by atoms with Gasteiger partial charge in [0.25, 0.3) is 5.56 Å². The summed E-state index contributed by atoms with van der Waals surface area (Å²) in [6, 6.07) is 5.29. The Morgan fingerprint density at radius 1 is 1.17 bits per heavy atom. The Labute approximate surface area is 170 Å². The van der Waals surface area contributed by atoms with Gasteiger partial charge in [0.15, 0.2) is 0 Å². The van der Waals surface area contributed by atoms with Crippen LogP contribution in [0.15, 0.2) is 23.0 Å². The van der Waals surface area contributed by atoms with E-state index in [1.54, 1.807) is 18.2 Å². The third kappa shape index (κ3) is 3.89. The van der Waals surface area contributed by atoms with E-state index in [0.29, 0.717) is 16.5 Å². The standard InChI is InChI=1S/C20H28BN3O5/c1-18(2,3)24(17(26)27)11-15-14-10-12(8-9-13(14)16(25)23-22-15)21-28-19(4,5)20(6,7)29-21/h8-10H,11H2,1-7H3,(H,23,25)(H,26,27). The van der Waals surface area contributed by atoms with Gasteiger partial charge in [-0.05, 0) is 60.0 Å². The first-order valence-corrected chi connectivity index (χ1v) is 9.60. The fourth-order valence-corrected chi connectivity index (χ4v) is 3.23. The largest absolute Gasteiger partial charge is 0.494 e. The smallest absolute Gasteiger partial charge is 0.465 e. The van der Waals surface area contributed by atoms with Crippen molar-refractivity contribution in [2.45, 2.75) is 71.8 Å². The Morgan fingerprint density at radius 2 is 1.76 bits per heavy atom. The minimum absolute atomic E-state index is 0.0406. The molecule has 2 N–H and O–H groups in total. The van der Waals surface area contributed by atoms with E-state index in [4.69, 9.17) is 9.31 Å². The van der Waals surface area contributed by atoms with E-state index in [1.807, 2.05) is 48.5 Å². The normalized spacial score (nSPS) is 18.2. The van der Waals surface area contributed by atoms with E-state index in [-0.39, 0.29) is 12.1 Å². The van der Waals surface area contributed by atoms with E-state index in [0.717, 1.165) is 5.46 Å². The van der Waals surface area contributed by atoms with Crippen LogP contribution in [0.2, 0.25) is 0 Å². The Kier molecular flexibility index (Phi) is 5.03. The molecule has 1 saturated heterocycles. The first kappa shape index (κ1) is 21.3. The molecule has 1 aromatic heterocycles. The Balaban J connectivity index is 2.07. The van der Waals surface area contributed by atoms with Crippen molar-refractivity contribution in [3.63, 3.8) is 0 Å². The molecule has 0 saturated carbocycles. The van der Waals surface area contributed by atoms with Gasteiger partial charge in [0, 0.05) is 10.9 Å². The van der Waals surface area contributed by atoms with E-state index in [2.05, 4.69) is 10.2 Å². The highest BCUT2D eigenvalue weighted by atomic mass is 16.7. The Hall–Kier alpha value is -2.39. The van der Waals surface area contributed by atoms with Gasteiger partial charge < -0.3 is 14.4 Å². The summed E-state index contributed by atoms with van der Waals surface area (Å²) in [5, 5.41) is 17.3. The molecule has 0 bridgehead atoms. The molecule has 9 heteroatoms. The number of H-pyrrole nitrogens is 1. The molecule has 2 aromatic rings. The van der Waals surface area contributed by atoms with Gasteiger partial charge in [-0.15, -0.1) is 0 Å². The average Bonchev–Trinajstić information content (AvgIpc) is 2.80. The summed E-state index contributed by atoms with van der Waals surface area (Å²) in [5.41, 5.74) is -0.721. The molecule has 29 heavy (non-hydrogen) atoms. The van der Waals surface area contributed by atoms with Gasteiger partial charge in [-0.3, -0.25) is 9.69 Å². The van der Waals surface area contributed by atoms with Crippen molar-refractivity contribution in [1.29, 1.82) is 0 Å². The second-order valence-corrected chi connectivity index (χ2v) is 9.43. The minimum atomic E-state index is -1.05. The molecule has 0 aliphatic carbocycles. The monoisotopic (exact) mass is 401 g/mol. The number of fused-ring (bicyclic) bond motifs is 1. The Bertz CT molecular complexity index is 993. The highest BCUT2D eigenvalue weighted by Crippen LogP contribution is 2.36. The first-order valence-electron chi connectivity index (χ1n) is 9.60. The van der Waals surface area contributed by atoms with Crippen molar-refractivity contribution >= 4 is 29.4 Å². The number of carbonyl (C=O) groups is 1. The van der Waals surface area contributed by atoms with Crippen LogP contribution in [-0.2, 0) is 15.9 Å². The zero-order chi connectivity index (χ0) is 21.8. The van der Waals surface area contributed by atoms with E-state index in [9.17, 15) is 14.7 Å². The van der Waals surface area contributed by atoms with Crippen LogP contribution in [-0.4, -0.2) is 50.2 Å². The second-order valence-electron chi connectivity index (χ2n) is 9.43. The van der Waals surface area contributed by atoms with Crippen LogP contribution in [0.1, 0.15) is 54.2 Å². The van der Waals surface area contributed by atoms with Crippen molar-refractivity contribution in [3.8, 4) is 0 Å². The molecule has 1 aliphatic rings. The van der Waals surface area contributed by atoms with E-state index < -0.39 is 30.0 Å². The number of nitrogens with zero attached hydrogens (tertiary/aromatic N) is 2. The zero-order valence-corrected chi connectivity index (χ0v) is 18.0. The van der Waals surface area contributed by atoms with Crippen LogP contribution in [0.4, 0.5) is 4.79 Å². The molecule has 0 spiro atoms. The van der Waals surface area contributed by atoms with Gasteiger partial charge >= 0.3 is 13.2 Å². The average molecular weight is 401 g/mol. The number of nitrogens with one attached hydrogen (secondary N) is 1. The van der Waals surface area contributed by atoms with Crippen molar-refractivity contribution < 1.29 is 19.2 Å². The molecule has 1 aliphatic heterocycles. The molecule has 8 nitrogen and oxygen atoms in total. The fourth-order valence-electron chi connectivity index (χ4n) is 3.23. The van der Waals surface area contributed by atoms with Crippen LogP contribution in [0.3, 0.4) is 0 Å². The van der Waals surface area contributed by atoms with Gasteiger partial charge in [0.05, 0.1) is 28.8 Å². The van der Waals surface area contributed by atoms with Gasteiger partial charge in [-0.25, -0.2) is 9.89 Å². The van der Waals surface area contributed by atoms with E-state index in [1.165, 1.54) is 4.90 Å². The molecule has 1 aromatic carbocycles. The quantitative estimate of drug-likeness (QED) is 0.766. The van der Waals surface area contributed by atoms with Gasteiger partial charge in [-0.2, -0.15) is 5.10 Å². The summed E-state index contributed by atoms with van der Waals surface area (Å²) >= 11 is 0. The van der Waals surface area contributed by atoms with Crippen molar-refractivity contribution in [3.05, 3.63) is 34.2 Å². The number of amides is 1. The van der Waals surface area contributed by atoms with Gasteiger partial charge in [0.1, 0.15) is 0 Å². The van der Waals surface area contributed by atoms with Crippen LogP contribution >= 0.6 is 0 Å². The van der Waals surface area contributed by atoms with E-state index >= 15 is 0 Å². The number of aromatic amines is 1. The SMILES string of the molecule is CC(C)(C)N(Cc1n[nH]c(=O)c2ccc(B3OC(C)(C)C(C)(C)O3)cc12)C(=O)O. The highest BCUT2D eigenvalue weighted by molar-refractivity contribution is 6.62. The lowest BCUT2D eigenvalue weighted by Crippen LogP contribution is -2.44. The van der Waals surface area contributed by atoms with Gasteiger partial charge in [-0.1, -0.05) is 12.1 Å². The predicted octanol–water partition coefficient (Wildman–Crippen LogP) is 2.50. The fraction of sp³-hybridized carbons (Fsp3) is 0.550. The van der Waals surface area contributed by atoms with Crippen LogP contribution < -0.4 is 11.0 Å². The molecular formula is C20H28BN3O5. The summed E-state index contributed by atoms with van der Waals surface area (Å²) in [6.45, 7) is 13.4. The number of carboxylic acid groups (broad SMARTS) is 1. The number of aromatic nitrogens is 2. The number of hydrogen-bond acceptors (Lipinski definition) is 5. The molecule has 156 valence electrons. The topological polar surface area (TPSA) is 105 Å². The summed E-state index contributed by atoms with van der Waals surface area (Å²) in [4.78, 5) is 25.3. The summed E-state index contributed by atoms with van der Waals surface area (Å²) in [6.07, 6.45) is -1.05. The molecular weight excluding hydrogens is 373 g/mol. The Morgan fingerprint density at radius 3 is 2.28 bits per heavy atom. The lowest BCUT2D eigenvalue weighted by atomic mass is 9.78. The third-order valence-corrected chi connectivity index (χ3v) is 5.77. The summed E-state index contributed by atoms with van der Waals surface area (Å²) in [7, 11) is -0.588. The maximum Gasteiger partial charge on any atom is 0.494 e. The van der Waals surface area contributed by atoms with Crippen molar-refractivity contribution in [2.24, 2.45) is 0 Å². The molecule has 0 atom stereocenters.